The van der Waals surface area contributed by atoms with E-state index in [0.29, 0.717) is 5.39 Å². The summed E-state index contributed by atoms with van der Waals surface area (Å²) in [5.74, 6) is -3.27. The maximum Gasteiger partial charge on any atom is 0.274 e. The standard InChI is InChI=1S/C29H26F5N3O4/c1-14-9-16-10-17(11-20(41-4)23(16)37-25(14)32)26(38)35-13-29(40,27(33)34)21-12-19(28(2,3)39)22(31)24(36-21)15-5-7-18(30)8-6-15/h5-12,27,39-40H,13H2,1-4H3,(H,35,38). The number of alkyl halides is 2. The monoisotopic (exact) mass is 575 g/mol. The summed E-state index contributed by atoms with van der Waals surface area (Å²) in [6.45, 7) is 2.82. The highest BCUT2D eigenvalue weighted by Gasteiger charge is 2.43. The lowest BCUT2D eigenvalue weighted by Gasteiger charge is -2.30. The van der Waals surface area contributed by atoms with E-state index in [2.05, 4.69) is 15.3 Å². The number of aliphatic hydroxyl groups is 2. The molecule has 41 heavy (non-hydrogen) atoms. The van der Waals surface area contributed by atoms with Gasteiger partial charge in [-0.1, -0.05) is 0 Å². The molecule has 0 bridgehead atoms. The Bertz CT molecular complexity index is 1620. The van der Waals surface area contributed by atoms with E-state index >= 15 is 4.39 Å². The molecule has 3 N–H and O–H groups in total. The van der Waals surface area contributed by atoms with Crippen molar-refractivity contribution in [2.45, 2.75) is 38.4 Å². The fourth-order valence-corrected chi connectivity index (χ4v) is 4.22. The first-order valence-electron chi connectivity index (χ1n) is 12.3. The number of fused-ring (bicyclic) bond motifs is 1. The molecule has 0 aliphatic carbocycles. The minimum Gasteiger partial charge on any atom is -0.494 e. The molecule has 2 aromatic heterocycles. The lowest BCUT2D eigenvalue weighted by atomic mass is 9.90. The van der Waals surface area contributed by atoms with Crippen LogP contribution in [0.25, 0.3) is 22.2 Å². The van der Waals surface area contributed by atoms with E-state index in [1.807, 2.05) is 0 Å². The number of ether oxygens (including phenoxy) is 1. The summed E-state index contributed by atoms with van der Waals surface area (Å²) in [5.41, 5.74) is -6.46. The molecular formula is C29H26F5N3O4. The van der Waals surface area contributed by atoms with Crippen LogP contribution in [0.2, 0.25) is 0 Å². The SMILES string of the molecule is COc1cc(C(=O)NCC(O)(c2cc(C(C)(C)O)c(F)c(-c3ccc(F)cc3)n2)C(F)F)cc2cc(C)c(F)nc12. The molecule has 1 atom stereocenters. The molecule has 0 fully saturated rings. The number of nitrogens with one attached hydrogen (secondary N) is 1. The Morgan fingerprint density at radius 3 is 2.27 bits per heavy atom. The number of hydrogen-bond donors (Lipinski definition) is 3. The third-order valence-electron chi connectivity index (χ3n) is 6.55. The van der Waals surface area contributed by atoms with Gasteiger partial charge in [0, 0.05) is 27.6 Å². The van der Waals surface area contributed by atoms with Crippen molar-refractivity contribution in [2.24, 2.45) is 0 Å². The third kappa shape index (κ3) is 5.84. The van der Waals surface area contributed by atoms with Crippen molar-refractivity contribution in [3.8, 4) is 17.0 Å². The van der Waals surface area contributed by atoms with Crippen LogP contribution in [0.15, 0.2) is 48.5 Å². The normalized spacial score (nSPS) is 13.4. The topological polar surface area (TPSA) is 105 Å². The summed E-state index contributed by atoms with van der Waals surface area (Å²) in [5, 5.41) is 24.3. The van der Waals surface area contributed by atoms with Crippen LogP contribution < -0.4 is 10.1 Å². The molecule has 2 heterocycles. The summed E-state index contributed by atoms with van der Waals surface area (Å²) in [4.78, 5) is 20.8. The predicted molar refractivity (Wildman–Crippen MR) is 140 cm³/mol. The van der Waals surface area contributed by atoms with E-state index in [1.54, 1.807) is 0 Å². The van der Waals surface area contributed by atoms with Gasteiger partial charge in [0.25, 0.3) is 12.3 Å². The van der Waals surface area contributed by atoms with Gasteiger partial charge >= 0.3 is 0 Å². The number of aromatic nitrogens is 2. The maximum atomic E-state index is 15.4. The van der Waals surface area contributed by atoms with Crippen molar-refractivity contribution in [1.29, 1.82) is 0 Å². The minimum atomic E-state index is -3.53. The van der Waals surface area contributed by atoms with Crippen molar-refractivity contribution in [1.82, 2.24) is 15.3 Å². The summed E-state index contributed by atoms with van der Waals surface area (Å²) < 4.78 is 77.0. The van der Waals surface area contributed by atoms with Gasteiger partial charge < -0.3 is 20.3 Å². The largest absolute Gasteiger partial charge is 0.494 e. The summed E-state index contributed by atoms with van der Waals surface area (Å²) in [6, 6.07) is 9.16. The average Bonchev–Trinajstić information content (AvgIpc) is 2.91. The van der Waals surface area contributed by atoms with E-state index in [0.717, 1.165) is 30.3 Å². The molecule has 0 spiro atoms. The number of carbonyl (C=O) groups excluding carboxylic acids is 1. The van der Waals surface area contributed by atoms with Crippen LogP contribution in [0.3, 0.4) is 0 Å². The fraction of sp³-hybridized carbons (Fsp3) is 0.276. The number of benzene rings is 2. The highest BCUT2D eigenvalue weighted by atomic mass is 19.3. The first-order chi connectivity index (χ1) is 19.1. The first-order valence-corrected chi connectivity index (χ1v) is 12.3. The van der Waals surface area contributed by atoms with E-state index in [4.69, 9.17) is 4.74 Å². The second kappa shape index (κ2) is 11.0. The smallest absolute Gasteiger partial charge is 0.274 e. The van der Waals surface area contributed by atoms with E-state index in [1.165, 1.54) is 46.1 Å². The zero-order valence-electron chi connectivity index (χ0n) is 22.4. The molecule has 4 aromatic rings. The Morgan fingerprint density at radius 1 is 1.02 bits per heavy atom. The van der Waals surface area contributed by atoms with Gasteiger partial charge in [0.2, 0.25) is 5.95 Å². The van der Waals surface area contributed by atoms with Crippen LogP contribution in [0.5, 0.6) is 5.75 Å². The summed E-state index contributed by atoms with van der Waals surface area (Å²) in [6.07, 6.45) is -3.53. The summed E-state index contributed by atoms with van der Waals surface area (Å²) in [7, 11) is 1.28. The Hall–Kier alpha value is -4.16. The Labute approximate surface area is 231 Å². The van der Waals surface area contributed by atoms with Crippen molar-refractivity contribution in [2.75, 3.05) is 13.7 Å². The zero-order valence-corrected chi connectivity index (χ0v) is 22.4. The minimum absolute atomic E-state index is 0.000463. The number of rotatable bonds is 8. The second-order valence-corrected chi connectivity index (χ2v) is 10.0. The van der Waals surface area contributed by atoms with Gasteiger partial charge in [-0.15, -0.1) is 0 Å². The van der Waals surface area contributed by atoms with Gasteiger partial charge in [0.05, 0.1) is 24.9 Å². The lowest BCUT2D eigenvalue weighted by molar-refractivity contribution is -0.101. The molecule has 2 aromatic carbocycles. The van der Waals surface area contributed by atoms with Gasteiger partial charge in [0.1, 0.15) is 22.8 Å². The molecular weight excluding hydrogens is 549 g/mol. The zero-order chi connectivity index (χ0) is 30.3. The molecule has 1 unspecified atom stereocenters. The van der Waals surface area contributed by atoms with Crippen LogP contribution >= 0.6 is 0 Å². The molecule has 12 heteroatoms. The van der Waals surface area contributed by atoms with Gasteiger partial charge in [0.15, 0.2) is 11.4 Å². The number of hydrogen-bond acceptors (Lipinski definition) is 6. The Balaban J connectivity index is 1.75. The Kier molecular flexibility index (Phi) is 8.01. The Morgan fingerprint density at radius 2 is 1.68 bits per heavy atom. The molecule has 1 amide bonds. The molecule has 216 valence electrons. The number of nitrogens with zero attached hydrogens (tertiary/aromatic N) is 2. The van der Waals surface area contributed by atoms with E-state index in [9.17, 15) is 32.6 Å². The van der Waals surface area contributed by atoms with Gasteiger partial charge in [-0.3, -0.25) is 4.79 Å². The van der Waals surface area contributed by atoms with Crippen molar-refractivity contribution < 1.29 is 41.7 Å². The van der Waals surface area contributed by atoms with Crippen LogP contribution in [-0.2, 0) is 11.2 Å². The van der Waals surface area contributed by atoms with Crippen molar-refractivity contribution in [3.63, 3.8) is 0 Å². The molecule has 4 rings (SSSR count). The van der Waals surface area contributed by atoms with Gasteiger partial charge in [-0.2, -0.15) is 4.39 Å². The molecule has 0 aliphatic heterocycles. The highest BCUT2D eigenvalue weighted by Crippen LogP contribution is 2.36. The fourth-order valence-electron chi connectivity index (χ4n) is 4.22. The molecule has 0 saturated carbocycles. The average molecular weight is 576 g/mol. The van der Waals surface area contributed by atoms with Crippen molar-refractivity contribution >= 4 is 16.8 Å². The highest BCUT2D eigenvalue weighted by molar-refractivity contribution is 6.00. The maximum absolute atomic E-state index is 15.4. The van der Waals surface area contributed by atoms with E-state index < -0.39 is 64.6 Å². The molecule has 0 radical (unpaired) electrons. The summed E-state index contributed by atoms with van der Waals surface area (Å²) >= 11 is 0. The van der Waals surface area contributed by atoms with Gasteiger partial charge in [-0.25, -0.2) is 27.5 Å². The number of pyridine rings is 2. The molecule has 7 nitrogen and oxygen atoms in total. The predicted octanol–water partition coefficient (Wildman–Crippen LogP) is 5.14. The van der Waals surface area contributed by atoms with E-state index in [-0.39, 0.29) is 28.0 Å². The molecule has 0 aliphatic rings. The van der Waals surface area contributed by atoms with Crippen LogP contribution in [0, 0.1) is 24.5 Å². The lowest BCUT2D eigenvalue weighted by Crippen LogP contribution is -2.47. The first kappa shape index (κ1) is 29.8. The number of halogens is 5. The second-order valence-electron chi connectivity index (χ2n) is 10.0. The van der Waals surface area contributed by atoms with Crippen LogP contribution in [0.1, 0.15) is 41.0 Å². The van der Waals surface area contributed by atoms with Crippen molar-refractivity contribution in [3.05, 3.63) is 88.5 Å². The number of amides is 1. The van der Waals surface area contributed by atoms with Crippen LogP contribution in [-0.4, -0.2) is 46.2 Å². The number of methoxy groups -OCH3 is 1. The van der Waals surface area contributed by atoms with Gasteiger partial charge in [-0.05, 0) is 69.3 Å². The number of aryl methyl sites for hydroxylation is 1. The molecule has 0 saturated heterocycles. The quantitative estimate of drug-likeness (QED) is 0.199. The number of carbonyl (C=O) groups is 1. The van der Waals surface area contributed by atoms with Crippen LogP contribution in [0.4, 0.5) is 22.0 Å². The third-order valence-corrected chi connectivity index (χ3v) is 6.55.